The number of aliphatic hydroxyl groups excluding tert-OH is 4. The molecule has 0 spiro atoms. The van der Waals surface area contributed by atoms with E-state index in [0.717, 1.165) is 51.4 Å². The first-order valence-corrected chi connectivity index (χ1v) is 29.4. The largest absolute Gasteiger partial charge is 0.394 e. The van der Waals surface area contributed by atoms with Gasteiger partial charge in [-0.3, -0.25) is 4.79 Å². The van der Waals surface area contributed by atoms with Gasteiger partial charge in [0.15, 0.2) is 0 Å². The fraction of sp³-hybridized carbons (Fsp3) is 0.883. The van der Waals surface area contributed by atoms with Crippen LogP contribution in [0.15, 0.2) is 36.5 Å². The molecule has 0 fully saturated rings. The van der Waals surface area contributed by atoms with E-state index in [-0.39, 0.29) is 0 Å². The molecule has 0 aliphatic carbocycles. The monoisotopic (exact) mass is 930 g/mol. The summed E-state index contributed by atoms with van der Waals surface area (Å²) in [5.74, 6) is -0.594. The van der Waals surface area contributed by atoms with Crippen LogP contribution in [0.1, 0.15) is 309 Å². The van der Waals surface area contributed by atoms with Gasteiger partial charge in [0, 0.05) is 0 Å². The lowest BCUT2D eigenvalue weighted by molar-refractivity contribution is -0.132. The second kappa shape index (κ2) is 54.5. The Balaban J connectivity index is 3.63. The Kier molecular flexibility index (Phi) is 53.3. The van der Waals surface area contributed by atoms with Crippen LogP contribution >= 0.6 is 0 Å². The van der Waals surface area contributed by atoms with Crippen molar-refractivity contribution >= 4 is 5.91 Å². The molecule has 66 heavy (non-hydrogen) atoms. The van der Waals surface area contributed by atoms with Crippen molar-refractivity contribution in [1.82, 2.24) is 5.32 Å². The Bertz CT molecular complexity index is 1040. The van der Waals surface area contributed by atoms with Crippen LogP contribution in [0.4, 0.5) is 0 Å². The molecule has 6 heteroatoms. The van der Waals surface area contributed by atoms with Crippen molar-refractivity contribution in [3.63, 3.8) is 0 Å². The molecule has 6 nitrogen and oxygen atoms in total. The molecule has 5 N–H and O–H groups in total. The number of carbonyl (C=O) groups excluding carboxylic acids is 1. The minimum atomic E-state index is -1.29. The predicted molar refractivity (Wildman–Crippen MR) is 288 cm³/mol. The van der Waals surface area contributed by atoms with Gasteiger partial charge in [0.05, 0.1) is 18.8 Å². The predicted octanol–water partition coefficient (Wildman–Crippen LogP) is 17.2. The lowest BCUT2D eigenvalue weighted by atomic mass is 10.00. The Morgan fingerprint density at radius 1 is 0.364 bits per heavy atom. The molecule has 1 amide bonds. The average molecular weight is 931 g/mol. The van der Waals surface area contributed by atoms with E-state index in [0.29, 0.717) is 19.3 Å². The summed E-state index contributed by atoms with van der Waals surface area (Å²) >= 11 is 0. The molecular formula is C60H115NO5. The minimum absolute atomic E-state index is 0.362. The Morgan fingerprint density at radius 3 is 0.955 bits per heavy atom. The molecular weight excluding hydrogens is 815 g/mol. The van der Waals surface area contributed by atoms with Gasteiger partial charge >= 0.3 is 0 Å². The van der Waals surface area contributed by atoms with Crippen LogP contribution in [0.5, 0.6) is 0 Å². The quantitative estimate of drug-likeness (QED) is 0.0308. The highest BCUT2D eigenvalue weighted by Crippen LogP contribution is 2.18. The number of hydrogen-bond donors (Lipinski definition) is 5. The van der Waals surface area contributed by atoms with E-state index in [2.05, 4.69) is 55.6 Å². The normalized spacial score (nSPS) is 14.0. The summed E-state index contributed by atoms with van der Waals surface area (Å²) in [7, 11) is 0. The molecule has 0 saturated carbocycles. The molecule has 0 rings (SSSR count). The van der Waals surface area contributed by atoms with E-state index >= 15 is 0 Å². The summed E-state index contributed by atoms with van der Waals surface area (Å²) in [6.45, 7) is 4.06. The minimum Gasteiger partial charge on any atom is -0.394 e. The maximum Gasteiger partial charge on any atom is 0.249 e. The molecule has 0 aromatic heterocycles. The molecule has 0 aromatic carbocycles. The van der Waals surface area contributed by atoms with Crippen molar-refractivity contribution in [3.05, 3.63) is 36.5 Å². The number of amides is 1. The van der Waals surface area contributed by atoms with E-state index < -0.39 is 36.9 Å². The van der Waals surface area contributed by atoms with Gasteiger partial charge in [-0.05, 0) is 64.2 Å². The molecule has 0 saturated heterocycles. The van der Waals surface area contributed by atoms with Crippen LogP contribution in [0.25, 0.3) is 0 Å². The van der Waals surface area contributed by atoms with E-state index in [1.807, 2.05) is 0 Å². The zero-order valence-electron chi connectivity index (χ0n) is 44.2. The number of rotatable bonds is 54. The molecule has 0 bridgehead atoms. The van der Waals surface area contributed by atoms with Gasteiger partial charge in [0.25, 0.3) is 0 Å². The Labute approximate surface area is 411 Å². The van der Waals surface area contributed by atoms with Gasteiger partial charge < -0.3 is 25.7 Å². The van der Waals surface area contributed by atoms with E-state index in [1.165, 1.54) is 225 Å². The second-order valence-corrected chi connectivity index (χ2v) is 20.3. The highest BCUT2D eigenvalue weighted by Gasteiger charge is 2.28. The van der Waals surface area contributed by atoms with Crippen molar-refractivity contribution in [2.75, 3.05) is 6.61 Å². The first-order chi connectivity index (χ1) is 32.5. The fourth-order valence-electron chi connectivity index (χ4n) is 9.20. The van der Waals surface area contributed by atoms with Gasteiger partial charge in [-0.25, -0.2) is 0 Å². The highest BCUT2D eigenvalue weighted by atomic mass is 16.3. The maximum absolute atomic E-state index is 12.6. The lowest BCUT2D eigenvalue weighted by Crippen LogP contribution is -2.53. The van der Waals surface area contributed by atoms with Crippen LogP contribution in [0, 0.1) is 0 Å². The van der Waals surface area contributed by atoms with Gasteiger partial charge in [-0.2, -0.15) is 0 Å². The van der Waals surface area contributed by atoms with Crippen molar-refractivity contribution in [2.45, 2.75) is 334 Å². The molecule has 0 heterocycles. The molecule has 4 unspecified atom stereocenters. The van der Waals surface area contributed by atoms with Crippen LogP contribution in [0.2, 0.25) is 0 Å². The summed E-state index contributed by atoms with van der Waals surface area (Å²) < 4.78 is 0. The first kappa shape index (κ1) is 64.5. The smallest absolute Gasteiger partial charge is 0.249 e. The molecule has 0 aliphatic rings. The maximum atomic E-state index is 12.6. The van der Waals surface area contributed by atoms with Crippen molar-refractivity contribution < 1.29 is 25.2 Å². The average Bonchev–Trinajstić information content (AvgIpc) is 3.32. The number of hydrogen-bond acceptors (Lipinski definition) is 5. The van der Waals surface area contributed by atoms with E-state index in [1.54, 1.807) is 0 Å². The van der Waals surface area contributed by atoms with Crippen LogP contribution in [-0.4, -0.2) is 57.3 Å². The number of aliphatic hydroxyl groups is 4. The van der Waals surface area contributed by atoms with Gasteiger partial charge in [-0.15, -0.1) is 0 Å². The Hall–Kier alpha value is -1.47. The van der Waals surface area contributed by atoms with E-state index in [4.69, 9.17) is 0 Å². The van der Waals surface area contributed by atoms with Crippen molar-refractivity contribution in [3.8, 4) is 0 Å². The molecule has 0 aliphatic heterocycles. The first-order valence-electron chi connectivity index (χ1n) is 29.4. The summed E-state index contributed by atoms with van der Waals surface area (Å²) in [5.41, 5.74) is 0. The summed E-state index contributed by atoms with van der Waals surface area (Å²) in [4.78, 5) is 12.6. The summed E-state index contributed by atoms with van der Waals surface area (Å²) in [5, 5.41) is 44.0. The Morgan fingerprint density at radius 2 is 0.636 bits per heavy atom. The topological polar surface area (TPSA) is 110 Å². The molecule has 0 radical (unpaired) electrons. The van der Waals surface area contributed by atoms with Crippen molar-refractivity contribution in [2.24, 2.45) is 0 Å². The zero-order valence-corrected chi connectivity index (χ0v) is 44.2. The number of nitrogens with one attached hydrogen (secondary N) is 1. The number of unbranched alkanes of at least 4 members (excludes halogenated alkanes) is 39. The van der Waals surface area contributed by atoms with Crippen molar-refractivity contribution in [1.29, 1.82) is 0 Å². The van der Waals surface area contributed by atoms with Gasteiger partial charge in [-0.1, -0.05) is 281 Å². The molecule has 4 atom stereocenters. The van der Waals surface area contributed by atoms with Gasteiger partial charge in [0.1, 0.15) is 12.2 Å². The molecule has 0 aromatic rings. The molecule has 390 valence electrons. The summed E-state index contributed by atoms with van der Waals surface area (Å²) in [6.07, 6.45) is 68.0. The van der Waals surface area contributed by atoms with Crippen LogP contribution in [0.3, 0.4) is 0 Å². The number of carbonyl (C=O) groups is 1. The van der Waals surface area contributed by atoms with E-state index in [9.17, 15) is 25.2 Å². The summed E-state index contributed by atoms with van der Waals surface area (Å²) in [6, 6.07) is -1.01. The third kappa shape index (κ3) is 47.6. The van der Waals surface area contributed by atoms with Gasteiger partial charge in [0.2, 0.25) is 5.91 Å². The van der Waals surface area contributed by atoms with Crippen LogP contribution in [-0.2, 0) is 4.79 Å². The van der Waals surface area contributed by atoms with Crippen LogP contribution < -0.4 is 5.32 Å². The second-order valence-electron chi connectivity index (χ2n) is 20.3. The lowest BCUT2D eigenvalue weighted by Gasteiger charge is -2.27. The number of allylic oxidation sites excluding steroid dienone is 6. The zero-order chi connectivity index (χ0) is 48.1. The third-order valence-electron chi connectivity index (χ3n) is 13.8. The fourth-order valence-corrected chi connectivity index (χ4v) is 9.20. The standard InChI is InChI=1S/C60H115NO5/c1-3-5-7-9-11-13-15-17-19-21-23-25-26-27-28-29-30-31-32-33-34-36-38-40-42-44-46-48-50-52-54-58(64)60(66)61-56(55-62)59(65)57(63)53-51-49-47-45-43-41-39-37-35-24-22-20-18-16-14-12-10-8-6-4-2/h20,22,37,39,45,47,56-59,62-65H,3-19,21,23-36,38,40-44,46,48-55H2,1-2H3,(H,61,66)/b22-20+,39-37+,47-45+. The highest BCUT2D eigenvalue weighted by molar-refractivity contribution is 5.80. The SMILES string of the molecule is CCCCCCCCC/C=C/CC/C=C/CC/C=C/CCCC(O)C(O)C(CO)NC(=O)C(O)CCCCCCCCCCCCCCCCCCCCCCCCCCCCCCCC. The third-order valence-corrected chi connectivity index (χ3v) is 13.8.